The van der Waals surface area contributed by atoms with E-state index in [1.54, 1.807) is 11.0 Å². The molecule has 0 bridgehead atoms. The molecular formula is C21H27ClN2O3. The topological polar surface area (TPSA) is 60.9 Å². The summed E-state index contributed by atoms with van der Waals surface area (Å²) in [5, 5.41) is 10.8. The second-order valence-corrected chi connectivity index (χ2v) is 8.15. The molecule has 2 fully saturated rings. The lowest BCUT2D eigenvalue weighted by atomic mass is 9.74. The maximum Gasteiger partial charge on any atom is 0.227 e. The summed E-state index contributed by atoms with van der Waals surface area (Å²) in [6.07, 6.45) is 4.15. The molecule has 0 saturated carbocycles. The van der Waals surface area contributed by atoms with Crippen LogP contribution >= 0.6 is 11.6 Å². The molecule has 5 nitrogen and oxygen atoms in total. The Hall–Kier alpha value is -1.85. The van der Waals surface area contributed by atoms with Gasteiger partial charge >= 0.3 is 0 Å². The fraction of sp³-hybridized carbons (Fsp3) is 0.524. The molecule has 1 unspecified atom stereocenters. The zero-order valence-electron chi connectivity index (χ0n) is 15.6. The van der Waals surface area contributed by atoms with Gasteiger partial charge in [0.05, 0.1) is 5.92 Å². The number of carbonyl (C=O) groups excluding carboxylic acids is 2. The van der Waals surface area contributed by atoms with Crippen LogP contribution < -0.4 is 0 Å². The van der Waals surface area contributed by atoms with Crippen molar-refractivity contribution < 1.29 is 14.7 Å². The third-order valence-electron chi connectivity index (χ3n) is 5.91. The molecule has 0 aliphatic carbocycles. The van der Waals surface area contributed by atoms with Crippen LogP contribution in [0, 0.1) is 11.3 Å². The van der Waals surface area contributed by atoms with E-state index >= 15 is 0 Å². The van der Waals surface area contributed by atoms with E-state index in [1.807, 2.05) is 29.2 Å². The highest BCUT2D eigenvalue weighted by molar-refractivity contribution is 6.31. The Bertz CT molecular complexity index is 713. The van der Waals surface area contributed by atoms with Crippen molar-refractivity contribution in [1.82, 2.24) is 9.80 Å². The second-order valence-electron chi connectivity index (χ2n) is 7.74. The van der Waals surface area contributed by atoms with Gasteiger partial charge < -0.3 is 14.9 Å². The third kappa shape index (κ3) is 4.36. The van der Waals surface area contributed by atoms with Gasteiger partial charge in [0.15, 0.2) is 0 Å². The SMILES string of the molecule is C=CCN1CC(C(=O)N2CCC(CO)(Cc3ccccc3Cl)CC2)CC1=O. The molecule has 3 rings (SSSR count). The first-order valence-corrected chi connectivity index (χ1v) is 9.87. The fourth-order valence-electron chi connectivity index (χ4n) is 4.17. The average Bonchev–Trinajstić information content (AvgIpc) is 3.04. The molecule has 2 aliphatic rings. The highest BCUT2D eigenvalue weighted by Crippen LogP contribution is 2.37. The first-order valence-electron chi connectivity index (χ1n) is 9.50. The van der Waals surface area contributed by atoms with Crippen molar-refractivity contribution in [3.63, 3.8) is 0 Å². The number of likely N-dealkylation sites (tertiary alicyclic amines) is 2. The molecule has 2 heterocycles. The van der Waals surface area contributed by atoms with Gasteiger partial charge in [0.25, 0.3) is 0 Å². The number of aliphatic hydroxyl groups is 1. The largest absolute Gasteiger partial charge is 0.396 e. The van der Waals surface area contributed by atoms with Crippen LogP contribution in [0.1, 0.15) is 24.8 Å². The molecule has 1 atom stereocenters. The van der Waals surface area contributed by atoms with Crippen LogP contribution in [0.3, 0.4) is 0 Å². The van der Waals surface area contributed by atoms with E-state index in [4.69, 9.17) is 11.6 Å². The highest BCUT2D eigenvalue weighted by atomic mass is 35.5. The lowest BCUT2D eigenvalue weighted by molar-refractivity contribution is -0.138. The van der Waals surface area contributed by atoms with E-state index in [0.29, 0.717) is 32.6 Å². The predicted molar refractivity (Wildman–Crippen MR) is 105 cm³/mol. The van der Waals surface area contributed by atoms with E-state index in [0.717, 1.165) is 23.4 Å². The molecule has 2 saturated heterocycles. The normalized spacial score (nSPS) is 22.1. The number of rotatable bonds is 6. The second kappa shape index (κ2) is 8.44. The summed E-state index contributed by atoms with van der Waals surface area (Å²) < 4.78 is 0. The summed E-state index contributed by atoms with van der Waals surface area (Å²) in [4.78, 5) is 28.4. The molecule has 146 valence electrons. The maximum atomic E-state index is 12.8. The average molecular weight is 391 g/mol. The van der Waals surface area contributed by atoms with Crippen LogP contribution in [0.15, 0.2) is 36.9 Å². The summed E-state index contributed by atoms with van der Waals surface area (Å²) in [6, 6.07) is 7.72. The van der Waals surface area contributed by atoms with Gasteiger partial charge in [-0.3, -0.25) is 9.59 Å². The fourth-order valence-corrected chi connectivity index (χ4v) is 4.37. The lowest BCUT2D eigenvalue weighted by Crippen LogP contribution is -2.47. The van der Waals surface area contributed by atoms with Crippen molar-refractivity contribution in [3.05, 3.63) is 47.5 Å². The minimum atomic E-state index is -0.261. The van der Waals surface area contributed by atoms with E-state index in [2.05, 4.69) is 6.58 Å². The first-order chi connectivity index (χ1) is 13.0. The van der Waals surface area contributed by atoms with Crippen LogP contribution in [-0.4, -0.2) is 59.5 Å². The van der Waals surface area contributed by atoms with Crippen molar-refractivity contribution in [1.29, 1.82) is 0 Å². The minimum absolute atomic E-state index is 0.0219. The Kier molecular flexibility index (Phi) is 6.22. The van der Waals surface area contributed by atoms with Gasteiger partial charge in [-0.2, -0.15) is 0 Å². The smallest absolute Gasteiger partial charge is 0.227 e. The van der Waals surface area contributed by atoms with Gasteiger partial charge in [0, 0.05) is 49.6 Å². The minimum Gasteiger partial charge on any atom is -0.396 e. The summed E-state index contributed by atoms with van der Waals surface area (Å²) in [6.45, 7) is 5.93. The number of carbonyl (C=O) groups is 2. The number of piperidine rings is 1. The summed E-state index contributed by atoms with van der Waals surface area (Å²) in [7, 11) is 0. The summed E-state index contributed by atoms with van der Waals surface area (Å²) in [5.74, 6) is -0.185. The van der Waals surface area contributed by atoms with Crippen LogP contribution in [0.5, 0.6) is 0 Å². The number of amides is 2. The molecule has 6 heteroatoms. The van der Waals surface area contributed by atoms with Crippen LogP contribution in [0.2, 0.25) is 5.02 Å². The molecule has 0 radical (unpaired) electrons. The standard InChI is InChI=1S/C21H27ClN2O3/c1-2-9-24-14-17(12-19(24)26)20(27)23-10-7-21(15-25,8-11-23)13-16-5-3-4-6-18(16)22/h2-6,17,25H,1,7-15H2. The summed E-state index contributed by atoms with van der Waals surface area (Å²) in [5.41, 5.74) is 0.789. The Morgan fingerprint density at radius 2 is 2.04 bits per heavy atom. The zero-order chi connectivity index (χ0) is 19.4. The van der Waals surface area contributed by atoms with E-state index in [9.17, 15) is 14.7 Å². The van der Waals surface area contributed by atoms with E-state index in [-0.39, 0.29) is 36.2 Å². The molecule has 2 aliphatic heterocycles. The van der Waals surface area contributed by atoms with Gasteiger partial charge in [-0.1, -0.05) is 35.9 Å². The Labute approximate surface area is 165 Å². The van der Waals surface area contributed by atoms with Crippen molar-refractivity contribution in [3.8, 4) is 0 Å². The van der Waals surface area contributed by atoms with Gasteiger partial charge in [-0.15, -0.1) is 6.58 Å². The molecule has 0 aromatic heterocycles. The number of aliphatic hydroxyl groups excluding tert-OH is 1. The molecule has 27 heavy (non-hydrogen) atoms. The number of benzene rings is 1. The number of nitrogens with zero attached hydrogens (tertiary/aromatic N) is 2. The van der Waals surface area contributed by atoms with E-state index < -0.39 is 0 Å². The van der Waals surface area contributed by atoms with Gasteiger partial charge in [0.2, 0.25) is 11.8 Å². The lowest BCUT2D eigenvalue weighted by Gasteiger charge is -2.41. The molecule has 2 amide bonds. The Morgan fingerprint density at radius 1 is 1.33 bits per heavy atom. The molecule has 0 spiro atoms. The van der Waals surface area contributed by atoms with Crippen molar-refractivity contribution in [2.45, 2.75) is 25.7 Å². The van der Waals surface area contributed by atoms with Gasteiger partial charge in [-0.05, 0) is 30.9 Å². The molecule has 1 N–H and O–H groups in total. The number of halogens is 1. The molecule has 1 aromatic carbocycles. The first kappa shape index (κ1) is 19.9. The monoisotopic (exact) mass is 390 g/mol. The van der Waals surface area contributed by atoms with Crippen molar-refractivity contribution >= 4 is 23.4 Å². The van der Waals surface area contributed by atoms with Crippen molar-refractivity contribution in [2.24, 2.45) is 11.3 Å². The number of hydrogen-bond acceptors (Lipinski definition) is 3. The Balaban J connectivity index is 1.60. The zero-order valence-corrected chi connectivity index (χ0v) is 16.3. The van der Waals surface area contributed by atoms with E-state index in [1.165, 1.54) is 0 Å². The molecular weight excluding hydrogens is 364 g/mol. The maximum absolute atomic E-state index is 12.8. The highest BCUT2D eigenvalue weighted by Gasteiger charge is 2.40. The van der Waals surface area contributed by atoms with Crippen LogP contribution in [-0.2, 0) is 16.0 Å². The Morgan fingerprint density at radius 3 is 2.67 bits per heavy atom. The number of hydrogen-bond donors (Lipinski definition) is 1. The van der Waals surface area contributed by atoms with Crippen LogP contribution in [0.25, 0.3) is 0 Å². The predicted octanol–water partition coefficient (Wildman–Crippen LogP) is 2.52. The van der Waals surface area contributed by atoms with Crippen molar-refractivity contribution in [2.75, 3.05) is 32.8 Å². The van der Waals surface area contributed by atoms with Gasteiger partial charge in [0.1, 0.15) is 0 Å². The third-order valence-corrected chi connectivity index (χ3v) is 6.28. The van der Waals surface area contributed by atoms with Gasteiger partial charge in [-0.25, -0.2) is 0 Å². The molecule has 1 aromatic rings. The van der Waals surface area contributed by atoms with Crippen LogP contribution in [0.4, 0.5) is 0 Å². The summed E-state index contributed by atoms with van der Waals surface area (Å²) >= 11 is 6.29. The quantitative estimate of drug-likeness (QED) is 0.759.